The van der Waals surface area contributed by atoms with E-state index in [2.05, 4.69) is 9.24 Å². The number of nitrogens with two attached hydrogens (primary N) is 1. The van der Waals surface area contributed by atoms with Crippen LogP contribution in [0.15, 0.2) is 36.0 Å². The van der Waals surface area contributed by atoms with Crippen LogP contribution in [-0.2, 0) is 0 Å². The summed E-state index contributed by atoms with van der Waals surface area (Å²) in [5, 5.41) is 0.997. The molecule has 0 saturated carbocycles. The standard InChI is InChI=1S/C12H12NOP/c1-2-3-9-8-5-4-7(15)6-10(8)12(14)11(9)13/h2-6H,15H2,1H3,(H2,13,14)/b3-2-. The largest absolute Gasteiger partial charge is 0.395 e. The summed E-state index contributed by atoms with van der Waals surface area (Å²) in [4.78, 5) is 11.8. The molecule has 0 amide bonds. The van der Waals surface area contributed by atoms with E-state index in [0.29, 0.717) is 11.3 Å². The van der Waals surface area contributed by atoms with Crippen molar-refractivity contribution in [3.8, 4) is 0 Å². The summed E-state index contributed by atoms with van der Waals surface area (Å²) in [7, 11) is 2.58. The lowest BCUT2D eigenvalue weighted by atomic mass is 10.1. The molecule has 0 aromatic heterocycles. The van der Waals surface area contributed by atoms with Crippen LogP contribution in [0.25, 0.3) is 5.57 Å². The Morgan fingerprint density at radius 1 is 1.33 bits per heavy atom. The van der Waals surface area contributed by atoms with Crippen molar-refractivity contribution in [2.45, 2.75) is 6.92 Å². The van der Waals surface area contributed by atoms with E-state index < -0.39 is 0 Å². The zero-order chi connectivity index (χ0) is 11.0. The molecule has 0 spiro atoms. The van der Waals surface area contributed by atoms with Gasteiger partial charge in [-0.25, -0.2) is 0 Å². The average molecular weight is 217 g/mol. The molecule has 2 rings (SSSR count). The molecule has 0 bridgehead atoms. The molecule has 1 aromatic rings. The van der Waals surface area contributed by atoms with Crippen LogP contribution in [0.2, 0.25) is 0 Å². The topological polar surface area (TPSA) is 43.1 Å². The third kappa shape index (κ3) is 1.51. The van der Waals surface area contributed by atoms with Crippen molar-refractivity contribution >= 4 is 25.9 Å². The molecule has 1 aromatic carbocycles. The first-order valence-corrected chi connectivity index (χ1v) is 5.30. The summed E-state index contributed by atoms with van der Waals surface area (Å²) >= 11 is 0. The summed E-state index contributed by atoms with van der Waals surface area (Å²) in [5.41, 5.74) is 8.60. The Kier molecular flexibility index (Phi) is 2.45. The number of allylic oxidation sites excluding steroid dienone is 4. The number of fused-ring (bicyclic) bond motifs is 1. The van der Waals surface area contributed by atoms with Crippen LogP contribution in [0, 0.1) is 0 Å². The Hall–Kier alpha value is -1.40. The monoisotopic (exact) mass is 217 g/mol. The smallest absolute Gasteiger partial charge is 0.209 e. The van der Waals surface area contributed by atoms with Crippen molar-refractivity contribution in [2.24, 2.45) is 5.73 Å². The molecule has 1 aliphatic carbocycles. The Morgan fingerprint density at radius 3 is 2.73 bits per heavy atom. The Labute approximate surface area is 91.1 Å². The quantitative estimate of drug-likeness (QED) is 0.726. The molecule has 3 heteroatoms. The third-order valence-corrected chi connectivity index (χ3v) is 2.81. The van der Waals surface area contributed by atoms with Gasteiger partial charge in [-0.3, -0.25) is 4.79 Å². The average Bonchev–Trinajstić information content (AvgIpc) is 2.44. The van der Waals surface area contributed by atoms with Crippen molar-refractivity contribution in [1.29, 1.82) is 0 Å². The highest BCUT2D eigenvalue weighted by molar-refractivity contribution is 7.27. The lowest BCUT2D eigenvalue weighted by Crippen LogP contribution is -2.08. The number of carbonyl (C=O) groups is 1. The number of ketones is 1. The Morgan fingerprint density at radius 2 is 2.07 bits per heavy atom. The third-order valence-electron chi connectivity index (χ3n) is 2.45. The maximum atomic E-state index is 11.8. The summed E-state index contributed by atoms with van der Waals surface area (Å²) in [6.45, 7) is 1.91. The van der Waals surface area contributed by atoms with Gasteiger partial charge in [-0.05, 0) is 23.9 Å². The highest BCUT2D eigenvalue weighted by Crippen LogP contribution is 2.30. The predicted octanol–water partition coefficient (Wildman–Crippen LogP) is 1.63. The molecule has 1 unspecified atom stereocenters. The second-order valence-corrected chi connectivity index (χ2v) is 4.13. The lowest BCUT2D eigenvalue weighted by molar-refractivity contribution is 0.103. The van der Waals surface area contributed by atoms with E-state index in [9.17, 15) is 4.79 Å². The van der Waals surface area contributed by atoms with Crippen LogP contribution in [0.3, 0.4) is 0 Å². The molecular weight excluding hydrogens is 205 g/mol. The Balaban J connectivity index is 2.66. The first kappa shape index (κ1) is 10.1. The fourth-order valence-corrected chi connectivity index (χ4v) is 2.01. The number of hydrogen-bond acceptors (Lipinski definition) is 2. The van der Waals surface area contributed by atoms with Gasteiger partial charge in [0.05, 0.1) is 5.70 Å². The zero-order valence-electron chi connectivity index (χ0n) is 8.45. The maximum absolute atomic E-state index is 11.8. The van der Waals surface area contributed by atoms with E-state index in [-0.39, 0.29) is 5.78 Å². The van der Waals surface area contributed by atoms with Crippen molar-refractivity contribution in [2.75, 3.05) is 0 Å². The number of carbonyl (C=O) groups excluding carboxylic acids is 1. The molecule has 1 aliphatic rings. The highest BCUT2D eigenvalue weighted by Gasteiger charge is 2.25. The fourth-order valence-electron chi connectivity index (χ4n) is 1.74. The number of Topliss-reactive ketones (excluding diaryl/α,β-unsaturated/α-hetero) is 1. The lowest BCUT2D eigenvalue weighted by Gasteiger charge is -2.00. The Bertz CT molecular complexity index is 500. The first-order valence-electron chi connectivity index (χ1n) is 4.72. The van der Waals surface area contributed by atoms with Crippen molar-refractivity contribution in [3.05, 3.63) is 47.2 Å². The van der Waals surface area contributed by atoms with Crippen molar-refractivity contribution < 1.29 is 4.79 Å². The van der Waals surface area contributed by atoms with Gasteiger partial charge >= 0.3 is 0 Å². The van der Waals surface area contributed by atoms with E-state index in [4.69, 9.17) is 5.73 Å². The first-order chi connectivity index (χ1) is 7.15. The van der Waals surface area contributed by atoms with Gasteiger partial charge in [0, 0.05) is 11.1 Å². The van der Waals surface area contributed by atoms with Gasteiger partial charge in [0.25, 0.3) is 0 Å². The SMILES string of the molecule is C/C=C\C1=C(N)C(=O)c2cc(P)ccc21. The fraction of sp³-hybridized carbons (Fsp3) is 0.0833. The van der Waals surface area contributed by atoms with Crippen LogP contribution in [0.1, 0.15) is 22.8 Å². The summed E-state index contributed by atoms with van der Waals surface area (Å²) in [5.74, 6) is -0.0672. The van der Waals surface area contributed by atoms with Gasteiger partial charge < -0.3 is 5.73 Å². The molecular formula is C12H12NOP. The van der Waals surface area contributed by atoms with E-state index in [1.54, 1.807) is 0 Å². The molecule has 2 nitrogen and oxygen atoms in total. The summed E-state index contributed by atoms with van der Waals surface area (Å²) in [6, 6.07) is 5.75. The summed E-state index contributed by atoms with van der Waals surface area (Å²) < 4.78 is 0. The molecule has 76 valence electrons. The zero-order valence-corrected chi connectivity index (χ0v) is 9.60. The highest BCUT2D eigenvalue weighted by atomic mass is 31.0. The molecule has 0 aliphatic heterocycles. The van der Waals surface area contributed by atoms with Gasteiger partial charge in [-0.2, -0.15) is 0 Å². The predicted molar refractivity (Wildman–Crippen MR) is 66.0 cm³/mol. The van der Waals surface area contributed by atoms with Gasteiger partial charge in [-0.1, -0.05) is 24.3 Å². The number of hydrogen-bond donors (Lipinski definition) is 1. The maximum Gasteiger partial charge on any atom is 0.209 e. The van der Waals surface area contributed by atoms with Gasteiger partial charge in [0.15, 0.2) is 0 Å². The van der Waals surface area contributed by atoms with E-state index in [0.717, 1.165) is 16.4 Å². The van der Waals surface area contributed by atoms with Crippen LogP contribution in [-0.4, -0.2) is 5.78 Å². The van der Waals surface area contributed by atoms with Crippen molar-refractivity contribution in [1.82, 2.24) is 0 Å². The van der Waals surface area contributed by atoms with E-state index in [1.807, 2.05) is 37.3 Å². The second kappa shape index (κ2) is 3.63. The van der Waals surface area contributed by atoms with Crippen LogP contribution in [0.4, 0.5) is 0 Å². The molecule has 0 radical (unpaired) electrons. The van der Waals surface area contributed by atoms with E-state index >= 15 is 0 Å². The summed E-state index contributed by atoms with van der Waals surface area (Å²) in [6.07, 6.45) is 3.76. The molecule has 1 atom stereocenters. The normalized spacial score (nSPS) is 15.2. The molecule has 0 fully saturated rings. The minimum absolute atomic E-state index is 0.0672. The number of rotatable bonds is 1. The molecule has 0 saturated heterocycles. The minimum atomic E-state index is -0.0672. The van der Waals surface area contributed by atoms with Gasteiger partial charge in [0.1, 0.15) is 0 Å². The second-order valence-electron chi connectivity index (χ2n) is 3.46. The van der Waals surface area contributed by atoms with Crippen molar-refractivity contribution in [3.63, 3.8) is 0 Å². The van der Waals surface area contributed by atoms with Crippen LogP contribution in [0.5, 0.6) is 0 Å². The minimum Gasteiger partial charge on any atom is -0.395 e. The molecule has 15 heavy (non-hydrogen) atoms. The van der Waals surface area contributed by atoms with E-state index in [1.165, 1.54) is 0 Å². The van der Waals surface area contributed by atoms with Crippen LogP contribution >= 0.6 is 9.24 Å². The number of benzene rings is 1. The molecule has 0 heterocycles. The van der Waals surface area contributed by atoms with Gasteiger partial charge in [0.2, 0.25) is 5.78 Å². The molecule has 2 N–H and O–H groups in total. The van der Waals surface area contributed by atoms with Gasteiger partial charge in [-0.15, -0.1) is 9.24 Å². The van der Waals surface area contributed by atoms with Crippen LogP contribution < -0.4 is 11.0 Å².